The summed E-state index contributed by atoms with van der Waals surface area (Å²) in [7, 11) is 0. The lowest BCUT2D eigenvalue weighted by atomic mass is 10.1. The Hall–Kier alpha value is -3.63. The predicted molar refractivity (Wildman–Crippen MR) is 87.3 cm³/mol. The lowest BCUT2D eigenvalue weighted by molar-refractivity contribution is -0.274. The molecule has 0 spiro atoms. The first kappa shape index (κ1) is 18.2. The average Bonchev–Trinajstić information content (AvgIpc) is 3.03. The molecule has 0 bridgehead atoms. The number of halogens is 3. The van der Waals surface area contributed by atoms with Crippen molar-refractivity contribution in [3.63, 3.8) is 0 Å². The van der Waals surface area contributed by atoms with Crippen molar-refractivity contribution in [3.05, 3.63) is 48.5 Å². The summed E-state index contributed by atoms with van der Waals surface area (Å²) in [5.74, 6) is -1.23. The van der Waals surface area contributed by atoms with Crippen LogP contribution < -0.4 is 10.1 Å². The first-order valence-electron chi connectivity index (χ1n) is 7.52. The third kappa shape index (κ3) is 4.93. The molecule has 8 nitrogen and oxygen atoms in total. The Morgan fingerprint density at radius 2 is 1.85 bits per heavy atom. The van der Waals surface area contributed by atoms with Crippen molar-refractivity contribution in [2.75, 3.05) is 5.32 Å². The highest BCUT2D eigenvalue weighted by Gasteiger charge is 2.30. The molecule has 0 saturated heterocycles. The number of para-hydroxylation sites is 1. The van der Waals surface area contributed by atoms with E-state index in [9.17, 15) is 18.0 Å². The Morgan fingerprint density at radius 3 is 2.52 bits per heavy atom. The van der Waals surface area contributed by atoms with E-state index in [1.165, 1.54) is 24.3 Å². The predicted octanol–water partition coefficient (Wildman–Crippen LogP) is 3.07. The number of aromatic nitrogens is 4. The Labute approximate surface area is 150 Å². The first-order valence-corrected chi connectivity index (χ1v) is 7.52. The van der Waals surface area contributed by atoms with Gasteiger partial charge < -0.3 is 15.2 Å². The molecular weight excluding hydrogens is 367 g/mol. The third-order valence-electron chi connectivity index (χ3n) is 3.26. The number of anilines is 2. The highest BCUT2D eigenvalue weighted by Crippen LogP contribution is 2.29. The Morgan fingerprint density at radius 1 is 1.15 bits per heavy atom. The Balaban J connectivity index is 1.80. The highest BCUT2D eigenvalue weighted by molar-refractivity contribution is 5.77. The van der Waals surface area contributed by atoms with Gasteiger partial charge in [0.2, 0.25) is 5.82 Å². The van der Waals surface area contributed by atoms with Gasteiger partial charge in [-0.25, -0.2) is 0 Å². The fourth-order valence-corrected chi connectivity index (χ4v) is 2.22. The van der Waals surface area contributed by atoms with Crippen molar-refractivity contribution < 1.29 is 27.8 Å². The van der Waals surface area contributed by atoms with Gasteiger partial charge in [-0.15, -0.1) is 23.4 Å². The summed E-state index contributed by atoms with van der Waals surface area (Å²) in [5.41, 5.74) is 1.62. The molecule has 140 valence electrons. The van der Waals surface area contributed by atoms with Crippen LogP contribution in [-0.4, -0.2) is 37.6 Å². The smallest absolute Gasteiger partial charge is 0.480 e. The van der Waals surface area contributed by atoms with Gasteiger partial charge in [0.1, 0.15) is 5.75 Å². The molecule has 0 fully saturated rings. The number of rotatable bonds is 6. The topological polar surface area (TPSA) is 102 Å². The third-order valence-corrected chi connectivity index (χ3v) is 3.26. The van der Waals surface area contributed by atoms with Crippen LogP contribution in [0.25, 0.3) is 11.4 Å². The van der Waals surface area contributed by atoms with E-state index in [2.05, 4.69) is 25.5 Å². The maximum absolute atomic E-state index is 12.2. The van der Waals surface area contributed by atoms with Crippen LogP contribution in [0.4, 0.5) is 24.5 Å². The normalized spacial score (nSPS) is 11.2. The molecule has 0 saturated carbocycles. The number of carboxylic acids is 1. The van der Waals surface area contributed by atoms with Gasteiger partial charge in [0.25, 0.3) is 0 Å². The maximum Gasteiger partial charge on any atom is 0.573 e. The molecule has 1 aromatic heterocycles. The summed E-state index contributed by atoms with van der Waals surface area (Å²) in [6.07, 6.45) is -4.75. The SMILES string of the molecule is O=C(O)Cn1nnc(-c2ccccc2Nc2ccc(OC(F)(F)F)cc2)n1. The highest BCUT2D eigenvalue weighted by atomic mass is 19.4. The van der Waals surface area contributed by atoms with E-state index < -0.39 is 18.9 Å². The van der Waals surface area contributed by atoms with Gasteiger partial charge in [-0.1, -0.05) is 12.1 Å². The number of carbonyl (C=O) groups is 1. The second kappa shape index (κ2) is 7.32. The molecular formula is C16H12F3N5O3. The van der Waals surface area contributed by atoms with Gasteiger partial charge in [-0.2, -0.15) is 4.80 Å². The number of nitrogens with zero attached hydrogens (tertiary/aromatic N) is 4. The number of tetrazole rings is 1. The minimum absolute atomic E-state index is 0.205. The van der Waals surface area contributed by atoms with E-state index in [1.807, 2.05) is 0 Å². The molecule has 0 aliphatic heterocycles. The van der Waals surface area contributed by atoms with Crippen molar-refractivity contribution in [1.82, 2.24) is 20.2 Å². The van der Waals surface area contributed by atoms with Crippen molar-refractivity contribution >= 4 is 17.3 Å². The van der Waals surface area contributed by atoms with Crippen molar-refractivity contribution in [1.29, 1.82) is 0 Å². The van der Waals surface area contributed by atoms with Crippen LogP contribution in [-0.2, 0) is 11.3 Å². The molecule has 0 unspecified atom stereocenters. The molecule has 27 heavy (non-hydrogen) atoms. The summed E-state index contributed by atoms with van der Waals surface area (Å²) in [6.45, 7) is -0.427. The molecule has 11 heteroatoms. The van der Waals surface area contributed by atoms with E-state index >= 15 is 0 Å². The summed E-state index contributed by atoms with van der Waals surface area (Å²) in [5, 5.41) is 23.3. The summed E-state index contributed by atoms with van der Waals surface area (Å²) in [6, 6.07) is 12.1. The fourth-order valence-electron chi connectivity index (χ4n) is 2.22. The van der Waals surface area contributed by atoms with Gasteiger partial charge in [-0.05, 0) is 41.6 Å². The zero-order chi connectivity index (χ0) is 19.4. The minimum Gasteiger partial charge on any atom is -0.480 e. The number of hydrogen-bond acceptors (Lipinski definition) is 6. The molecule has 1 heterocycles. The number of ether oxygens (including phenoxy) is 1. The van der Waals surface area contributed by atoms with Gasteiger partial charge in [0.05, 0.1) is 0 Å². The number of aliphatic carboxylic acids is 1. The largest absolute Gasteiger partial charge is 0.573 e. The molecule has 2 aromatic carbocycles. The van der Waals surface area contributed by atoms with Crippen LogP contribution in [0.15, 0.2) is 48.5 Å². The number of alkyl halides is 3. The zero-order valence-corrected chi connectivity index (χ0v) is 13.5. The van der Waals surface area contributed by atoms with E-state index in [1.54, 1.807) is 24.3 Å². The number of hydrogen-bond donors (Lipinski definition) is 2. The van der Waals surface area contributed by atoms with Gasteiger partial charge in [0.15, 0.2) is 6.54 Å². The molecule has 0 atom stereocenters. The van der Waals surface area contributed by atoms with Crippen molar-refractivity contribution in [2.24, 2.45) is 0 Å². The first-order chi connectivity index (χ1) is 12.8. The van der Waals surface area contributed by atoms with E-state index in [-0.39, 0.29) is 11.6 Å². The molecule has 0 aliphatic rings. The van der Waals surface area contributed by atoms with Crippen LogP contribution in [0.5, 0.6) is 5.75 Å². The standard InChI is InChI=1S/C16H12F3N5O3/c17-16(18,19)27-11-7-5-10(6-8-11)20-13-4-2-1-3-12(13)15-21-23-24(22-15)9-14(25)26/h1-8,20H,9H2,(H,25,26). The molecule has 0 radical (unpaired) electrons. The molecule has 2 N–H and O–H groups in total. The van der Waals surface area contributed by atoms with Crippen LogP contribution in [0.2, 0.25) is 0 Å². The van der Waals surface area contributed by atoms with Crippen LogP contribution in [0.1, 0.15) is 0 Å². The molecule has 0 amide bonds. The zero-order valence-electron chi connectivity index (χ0n) is 13.5. The van der Waals surface area contributed by atoms with Gasteiger partial charge >= 0.3 is 12.3 Å². The molecule has 0 aliphatic carbocycles. The average molecular weight is 379 g/mol. The fraction of sp³-hybridized carbons (Fsp3) is 0.125. The molecule has 3 aromatic rings. The number of benzene rings is 2. The summed E-state index contributed by atoms with van der Waals surface area (Å²) in [4.78, 5) is 11.7. The van der Waals surface area contributed by atoms with Gasteiger partial charge in [0, 0.05) is 16.9 Å². The minimum atomic E-state index is -4.75. The Kier molecular flexibility index (Phi) is 4.92. The second-order valence-corrected chi connectivity index (χ2v) is 5.28. The maximum atomic E-state index is 12.2. The number of nitrogens with one attached hydrogen (secondary N) is 1. The molecule has 3 rings (SSSR count). The van der Waals surface area contributed by atoms with E-state index in [0.717, 1.165) is 4.80 Å². The van der Waals surface area contributed by atoms with Crippen molar-refractivity contribution in [2.45, 2.75) is 12.9 Å². The second-order valence-electron chi connectivity index (χ2n) is 5.28. The monoisotopic (exact) mass is 379 g/mol. The van der Waals surface area contributed by atoms with E-state index in [4.69, 9.17) is 5.11 Å². The van der Waals surface area contributed by atoms with Crippen molar-refractivity contribution in [3.8, 4) is 17.1 Å². The Bertz CT molecular complexity index is 941. The number of carboxylic acid groups (broad SMARTS) is 1. The van der Waals surface area contributed by atoms with Crippen LogP contribution in [0.3, 0.4) is 0 Å². The summed E-state index contributed by atoms with van der Waals surface area (Å²) < 4.78 is 40.5. The summed E-state index contributed by atoms with van der Waals surface area (Å²) >= 11 is 0. The van der Waals surface area contributed by atoms with Gasteiger partial charge in [-0.3, -0.25) is 4.79 Å². The quantitative estimate of drug-likeness (QED) is 0.679. The van der Waals surface area contributed by atoms with E-state index in [0.29, 0.717) is 16.9 Å². The van der Waals surface area contributed by atoms with Crippen LogP contribution in [0, 0.1) is 0 Å². The lowest BCUT2D eigenvalue weighted by Gasteiger charge is -2.12. The lowest BCUT2D eigenvalue weighted by Crippen LogP contribution is -2.16. The van der Waals surface area contributed by atoms with Crippen LogP contribution >= 0.6 is 0 Å².